The molecule has 0 bridgehead atoms. The lowest BCUT2D eigenvalue weighted by atomic mass is 10.2. The van der Waals surface area contributed by atoms with Gasteiger partial charge in [0.15, 0.2) is 0 Å². The van der Waals surface area contributed by atoms with Crippen LogP contribution in [0.15, 0.2) is 0 Å². The molecule has 1 aliphatic rings. The zero-order chi connectivity index (χ0) is 9.35. The maximum absolute atomic E-state index is 11.3. The molecule has 4 heteroatoms. The summed E-state index contributed by atoms with van der Waals surface area (Å²) in [6.45, 7) is 7.00. The number of ether oxygens (including phenoxy) is 1. The van der Waals surface area contributed by atoms with E-state index in [1.807, 2.05) is 20.8 Å². The van der Waals surface area contributed by atoms with Crippen LogP contribution in [0.4, 0.5) is 4.79 Å². The van der Waals surface area contributed by atoms with Crippen LogP contribution < -0.4 is 0 Å². The van der Waals surface area contributed by atoms with Crippen molar-refractivity contribution in [2.45, 2.75) is 31.6 Å². The van der Waals surface area contributed by atoms with E-state index in [-0.39, 0.29) is 6.09 Å². The van der Waals surface area contributed by atoms with E-state index in [0.29, 0.717) is 18.3 Å². The first-order valence-corrected chi connectivity index (χ1v) is 4.56. The van der Waals surface area contributed by atoms with Crippen molar-refractivity contribution in [1.29, 1.82) is 0 Å². The number of hydrogen-bond donors (Lipinski definition) is 1. The van der Waals surface area contributed by atoms with Gasteiger partial charge in [-0.25, -0.2) is 4.79 Å². The Balaban J connectivity index is 2.30. The van der Waals surface area contributed by atoms with Gasteiger partial charge in [0.25, 0.3) is 0 Å². The second-order valence-electron chi connectivity index (χ2n) is 4.04. The fourth-order valence-corrected chi connectivity index (χ4v) is 1.33. The van der Waals surface area contributed by atoms with Gasteiger partial charge in [0.2, 0.25) is 0 Å². The van der Waals surface area contributed by atoms with Crippen molar-refractivity contribution in [3.05, 3.63) is 0 Å². The van der Waals surface area contributed by atoms with Crippen LogP contribution in [0.1, 0.15) is 20.8 Å². The molecule has 1 saturated heterocycles. The Morgan fingerprint density at radius 3 is 2.33 bits per heavy atom. The molecule has 1 rings (SSSR count). The van der Waals surface area contributed by atoms with E-state index < -0.39 is 5.60 Å². The number of nitrogens with zero attached hydrogens (tertiary/aromatic N) is 1. The van der Waals surface area contributed by atoms with Gasteiger partial charge in [0.05, 0.1) is 0 Å². The number of likely N-dealkylation sites (tertiary alicyclic amines) is 1. The lowest BCUT2D eigenvalue weighted by molar-refractivity contribution is 0.0145. The summed E-state index contributed by atoms with van der Waals surface area (Å²) >= 11 is 4.20. The molecule has 0 unspecified atom stereocenters. The Kier molecular flexibility index (Phi) is 2.56. The molecule has 70 valence electrons. The first-order chi connectivity index (χ1) is 5.38. The predicted molar refractivity (Wildman–Crippen MR) is 50.6 cm³/mol. The van der Waals surface area contributed by atoms with E-state index in [9.17, 15) is 4.79 Å². The molecule has 1 heterocycles. The lowest BCUT2D eigenvalue weighted by Gasteiger charge is -2.37. The van der Waals surface area contributed by atoms with E-state index in [4.69, 9.17) is 4.74 Å². The monoisotopic (exact) mass is 189 g/mol. The van der Waals surface area contributed by atoms with Crippen molar-refractivity contribution in [1.82, 2.24) is 4.90 Å². The molecular weight excluding hydrogens is 174 g/mol. The third-order valence-corrected chi connectivity index (χ3v) is 1.84. The Labute approximate surface area is 78.5 Å². The molecular formula is C8H15NO2S. The number of carbonyl (C=O) groups is 1. The molecule has 1 fully saturated rings. The summed E-state index contributed by atoms with van der Waals surface area (Å²) in [4.78, 5) is 12.9. The van der Waals surface area contributed by atoms with Gasteiger partial charge in [-0.3, -0.25) is 0 Å². The molecule has 1 aliphatic heterocycles. The quantitative estimate of drug-likeness (QED) is 0.586. The van der Waals surface area contributed by atoms with Gasteiger partial charge in [0, 0.05) is 18.3 Å². The van der Waals surface area contributed by atoms with Gasteiger partial charge in [-0.15, -0.1) is 0 Å². The van der Waals surface area contributed by atoms with Crippen molar-refractivity contribution in [3.63, 3.8) is 0 Å². The molecule has 0 saturated carbocycles. The van der Waals surface area contributed by atoms with Crippen LogP contribution in [-0.4, -0.2) is 34.9 Å². The van der Waals surface area contributed by atoms with Crippen molar-refractivity contribution < 1.29 is 9.53 Å². The second-order valence-corrected chi connectivity index (χ2v) is 4.77. The first-order valence-electron chi connectivity index (χ1n) is 4.04. The largest absolute Gasteiger partial charge is 0.444 e. The average Bonchev–Trinajstić information content (AvgIpc) is 1.76. The highest BCUT2D eigenvalue weighted by atomic mass is 32.1. The van der Waals surface area contributed by atoms with E-state index in [0.717, 1.165) is 0 Å². The molecule has 0 aromatic carbocycles. The normalized spacial score (nSPS) is 18.8. The lowest BCUT2D eigenvalue weighted by Crippen LogP contribution is -2.52. The van der Waals surface area contributed by atoms with Gasteiger partial charge in [-0.1, -0.05) is 0 Å². The summed E-state index contributed by atoms with van der Waals surface area (Å²) in [5.74, 6) is 0. The van der Waals surface area contributed by atoms with E-state index in [1.54, 1.807) is 4.90 Å². The minimum atomic E-state index is -0.390. The van der Waals surface area contributed by atoms with E-state index in [1.165, 1.54) is 0 Å². The summed E-state index contributed by atoms with van der Waals surface area (Å²) in [7, 11) is 0. The van der Waals surface area contributed by atoms with Crippen LogP contribution >= 0.6 is 12.6 Å². The van der Waals surface area contributed by atoms with Crippen molar-refractivity contribution in [3.8, 4) is 0 Å². The predicted octanol–water partition coefficient (Wildman–Crippen LogP) is 1.54. The molecule has 12 heavy (non-hydrogen) atoms. The zero-order valence-electron chi connectivity index (χ0n) is 7.70. The molecule has 0 spiro atoms. The minimum Gasteiger partial charge on any atom is -0.444 e. The topological polar surface area (TPSA) is 29.5 Å². The van der Waals surface area contributed by atoms with Crippen molar-refractivity contribution in [2.24, 2.45) is 0 Å². The van der Waals surface area contributed by atoms with E-state index >= 15 is 0 Å². The Morgan fingerprint density at radius 1 is 1.50 bits per heavy atom. The standard InChI is InChI=1S/C8H15NO2S/c1-8(2,3)11-7(10)9-4-6(12)5-9/h6,12H,4-5H2,1-3H3. The first kappa shape index (κ1) is 9.71. The van der Waals surface area contributed by atoms with Gasteiger partial charge in [-0.05, 0) is 20.8 Å². The molecule has 0 aromatic rings. The Hall–Kier alpha value is -0.380. The third-order valence-electron chi connectivity index (χ3n) is 1.51. The van der Waals surface area contributed by atoms with Gasteiger partial charge < -0.3 is 9.64 Å². The Morgan fingerprint density at radius 2 is 2.00 bits per heavy atom. The minimum absolute atomic E-state index is 0.229. The number of thiol groups is 1. The van der Waals surface area contributed by atoms with Gasteiger partial charge >= 0.3 is 6.09 Å². The molecule has 0 radical (unpaired) electrons. The second kappa shape index (κ2) is 3.17. The highest BCUT2D eigenvalue weighted by Gasteiger charge is 2.31. The van der Waals surface area contributed by atoms with Crippen LogP contribution in [-0.2, 0) is 4.74 Å². The summed E-state index contributed by atoms with van der Waals surface area (Å²) in [5.41, 5.74) is -0.390. The smallest absolute Gasteiger partial charge is 0.410 e. The van der Waals surface area contributed by atoms with Crippen LogP contribution in [0.5, 0.6) is 0 Å². The molecule has 0 aliphatic carbocycles. The molecule has 0 aromatic heterocycles. The van der Waals surface area contributed by atoms with Crippen LogP contribution in [0, 0.1) is 0 Å². The van der Waals surface area contributed by atoms with Gasteiger partial charge in [-0.2, -0.15) is 12.6 Å². The average molecular weight is 189 g/mol. The number of amides is 1. The number of rotatable bonds is 0. The summed E-state index contributed by atoms with van der Waals surface area (Å²) in [6, 6.07) is 0. The zero-order valence-corrected chi connectivity index (χ0v) is 8.60. The Bertz CT molecular complexity index is 182. The van der Waals surface area contributed by atoms with Crippen molar-refractivity contribution >= 4 is 18.7 Å². The fourth-order valence-electron chi connectivity index (χ4n) is 0.931. The molecule has 3 nitrogen and oxygen atoms in total. The maximum Gasteiger partial charge on any atom is 0.410 e. The summed E-state index contributed by atoms with van der Waals surface area (Å²) in [5, 5.41) is 0.331. The van der Waals surface area contributed by atoms with Crippen LogP contribution in [0.2, 0.25) is 0 Å². The van der Waals surface area contributed by atoms with Crippen LogP contribution in [0.25, 0.3) is 0 Å². The van der Waals surface area contributed by atoms with Crippen LogP contribution in [0.3, 0.4) is 0 Å². The summed E-state index contributed by atoms with van der Waals surface area (Å²) < 4.78 is 5.14. The van der Waals surface area contributed by atoms with E-state index in [2.05, 4.69) is 12.6 Å². The molecule has 0 N–H and O–H groups in total. The highest BCUT2D eigenvalue weighted by molar-refractivity contribution is 7.81. The van der Waals surface area contributed by atoms with Crippen molar-refractivity contribution in [2.75, 3.05) is 13.1 Å². The number of hydrogen-bond acceptors (Lipinski definition) is 3. The third kappa shape index (κ3) is 2.59. The molecule has 0 atom stereocenters. The fraction of sp³-hybridized carbons (Fsp3) is 0.875. The highest BCUT2D eigenvalue weighted by Crippen LogP contribution is 2.17. The number of carbonyl (C=O) groups excluding carboxylic acids is 1. The SMILES string of the molecule is CC(C)(C)OC(=O)N1CC(S)C1. The maximum atomic E-state index is 11.3. The molecule has 1 amide bonds. The van der Waals surface area contributed by atoms with Gasteiger partial charge in [0.1, 0.15) is 5.60 Å². The summed E-state index contributed by atoms with van der Waals surface area (Å²) in [6.07, 6.45) is -0.229.